The fourth-order valence-corrected chi connectivity index (χ4v) is 3.13. The Morgan fingerprint density at radius 3 is 2.78 bits per heavy atom. The zero-order chi connectivity index (χ0) is 12.8. The van der Waals surface area contributed by atoms with E-state index in [1.54, 1.807) is 6.07 Å². The first-order valence-corrected chi connectivity index (χ1v) is 6.31. The van der Waals surface area contributed by atoms with Gasteiger partial charge in [0.25, 0.3) is 0 Å². The van der Waals surface area contributed by atoms with Crippen molar-refractivity contribution >= 4 is 11.8 Å². The Kier molecular flexibility index (Phi) is 2.40. The number of nitrogens with one attached hydrogen (secondary N) is 1. The molecule has 0 saturated carbocycles. The largest absolute Gasteiger partial charge is 0.366 e. The zero-order valence-corrected chi connectivity index (χ0v) is 10.2. The van der Waals surface area contributed by atoms with Crippen molar-refractivity contribution in [1.29, 1.82) is 0 Å². The van der Waals surface area contributed by atoms with Gasteiger partial charge in [0.15, 0.2) is 0 Å². The fourth-order valence-electron chi connectivity index (χ4n) is 3.13. The Morgan fingerprint density at radius 2 is 2.11 bits per heavy atom. The quantitative estimate of drug-likeness (QED) is 0.766. The van der Waals surface area contributed by atoms with Crippen molar-refractivity contribution in [3.05, 3.63) is 34.9 Å². The smallest absolute Gasteiger partial charge is 0.248 e. The van der Waals surface area contributed by atoms with Crippen LogP contribution >= 0.6 is 0 Å². The van der Waals surface area contributed by atoms with Gasteiger partial charge in [-0.2, -0.15) is 0 Å². The van der Waals surface area contributed by atoms with E-state index < -0.39 is 5.91 Å². The monoisotopic (exact) mass is 244 g/mol. The van der Waals surface area contributed by atoms with E-state index in [0.717, 1.165) is 37.8 Å². The maximum Gasteiger partial charge on any atom is 0.248 e. The number of primary amides is 1. The summed E-state index contributed by atoms with van der Waals surface area (Å²) < 4.78 is 0. The van der Waals surface area contributed by atoms with Crippen molar-refractivity contribution in [3.8, 4) is 0 Å². The summed E-state index contributed by atoms with van der Waals surface area (Å²) in [6.07, 6.45) is 3.42. The van der Waals surface area contributed by atoms with Crippen LogP contribution in [-0.2, 0) is 17.6 Å². The molecule has 4 nitrogen and oxygen atoms in total. The number of benzene rings is 1. The second-order valence-electron chi connectivity index (χ2n) is 5.31. The summed E-state index contributed by atoms with van der Waals surface area (Å²) in [7, 11) is 0. The molecule has 0 radical (unpaired) electrons. The summed E-state index contributed by atoms with van der Waals surface area (Å²) in [5.41, 5.74) is 7.98. The lowest BCUT2D eigenvalue weighted by Gasteiger charge is -2.32. The van der Waals surface area contributed by atoms with Crippen molar-refractivity contribution < 1.29 is 9.59 Å². The first-order valence-electron chi connectivity index (χ1n) is 6.31. The Balaban J connectivity index is 1.94. The number of aryl methyl sites for hydroxylation is 1. The summed E-state index contributed by atoms with van der Waals surface area (Å²) in [5.74, 6) is -0.205. The molecule has 1 saturated heterocycles. The highest BCUT2D eigenvalue weighted by atomic mass is 16.2. The molecule has 18 heavy (non-hydrogen) atoms. The number of rotatable bonds is 1. The molecule has 3 N–H and O–H groups in total. The highest BCUT2D eigenvalue weighted by molar-refractivity contribution is 5.93. The molecule has 94 valence electrons. The van der Waals surface area contributed by atoms with E-state index >= 15 is 0 Å². The van der Waals surface area contributed by atoms with Gasteiger partial charge in [-0.1, -0.05) is 6.07 Å². The van der Waals surface area contributed by atoms with Crippen LogP contribution in [0.3, 0.4) is 0 Å². The number of hydrogen-bond donors (Lipinski definition) is 2. The standard InChI is InChI=1S/C14H16N2O2/c15-12(17)10-1-2-11-8-14(4-3-9(11)7-10)5-6-16-13(14)18/h1-2,7H,3-6,8H2,(H2,15,17)(H,16,18). The lowest BCUT2D eigenvalue weighted by Crippen LogP contribution is -2.36. The molecule has 0 bridgehead atoms. The minimum atomic E-state index is -0.392. The van der Waals surface area contributed by atoms with E-state index in [4.69, 9.17) is 5.73 Å². The molecular formula is C14H16N2O2. The molecule has 4 heteroatoms. The predicted octanol–water partition coefficient (Wildman–Crippen LogP) is 0.780. The van der Waals surface area contributed by atoms with Crippen LogP contribution in [0.1, 0.15) is 34.3 Å². The van der Waals surface area contributed by atoms with Crippen LogP contribution in [0.25, 0.3) is 0 Å². The number of nitrogens with two attached hydrogens (primary N) is 1. The van der Waals surface area contributed by atoms with E-state index in [1.807, 2.05) is 12.1 Å². The van der Waals surface area contributed by atoms with Crippen LogP contribution in [-0.4, -0.2) is 18.4 Å². The van der Waals surface area contributed by atoms with E-state index in [0.29, 0.717) is 5.56 Å². The maximum absolute atomic E-state index is 12.0. The molecule has 1 unspecified atom stereocenters. The molecule has 2 amide bonds. The van der Waals surface area contributed by atoms with Gasteiger partial charge in [-0.3, -0.25) is 9.59 Å². The van der Waals surface area contributed by atoms with Gasteiger partial charge in [0, 0.05) is 12.1 Å². The van der Waals surface area contributed by atoms with E-state index in [-0.39, 0.29) is 11.3 Å². The molecule has 3 rings (SSSR count). The van der Waals surface area contributed by atoms with Gasteiger partial charge in [-0.15, -0.1) is 0 Å². The van der Waals surface area contributed by atoms with Gasteiger partial charge in [0.2, 0.25) is 11.8 Å². The van der Waals surface area contributed by atoms with Crippen LogP contribution in [0, 0.1) is 5.41 Å². The second kappa shape index (κ2) is 3.83. The van der Waals surface area contributed by atoms with E-state index in [1.165, 1.54) is 5.56 Å². The van der Waals surface area contributed by atoms with Gasteiger partial charge in [0.1, 0.15) is 0 Å². The Labute approximate surface area is 106 Å². The molecule has 1 aliphatic carbocycles. The van der Waals surface area contributed by atoms with Crippen LogP contribution in [0.5, 0.6) is 0 Å². The molecule has 0 aromatic heterocycles. The van der Waals surface area contributed by atoms with Crippen LogP contribution < -0.4 is 11.1 Å². The van der Waals surface area contributed by atoms with Gasteiger partial charge in [-0.25, -0.2) is 0 Å². The van der Waals surface area contributed by atoms with Crippen molar-refractivity contribution in [2.45, 2.75) is 25.7 Å². The lowest BCUT2D eigenvalue weighted by atomic mass is 9.70. The highest BCUT2D eigenvalue weighted by Crippen LogP contribution is 2.40. The average Bonchev–Trinajstić information content (AvgIpc) is 2.70. The molecule has 1 heterocycles. The molecule has 1 atom stereocenters. The molecular weight excluding hydrogens is 228 g/mol. The summed E-state index contributed by atoms with van der Waals surface area (Å²) in [6.45, 7) is 0.785. The third-order valence-electron chi connectivity index (χ3n) is 4.26. The summed E-state index contributed by atoms with van der Waals surface area (Å²) in [4.78, 5) is 23.1. The molecule has 1 spiro atoms. The van der Waals surface area contributed by atoms with Crippen LogP contribution in [0.2, 0.25) is 0 Å². The molecule has 2 aliphatic rings. The van der Waals surface area contributed by atoms with Gasteiger partial charge in [0.05, 0.1) is 5.41 Å². The van der Waals surface area contributed by atoms with Gasteiger partial charge < -0.3 is 11.1 Å². The Morgan fingerprint density at radius 1 is 1.28 bits per heavy atom. The minimum absolute atomic E-state index is 0.187. The topological polar surface area (TPSA) is 72.2 Å². The summed E-state index contributed by atoms with van der Waals surface area (Å²) in [5, 5.41) is 2.93. The van der Waals surface area contributed by atoms with E-state index in [9.17, 15) is 9.59 Å². The zero-order valence-electron chi connectivity index (χ0n) is 10.2. The number of hydrogen-bond acceptors (Lipinski definition) is 2. The molecule has 1 aromatic carbocycles. The third kappa shape index (κ3) is 1.60. The number of carbonyl (C=O) groups is 2. The highest BCUT2D eigenvalue weighted by Gasteiger charge is 2.44. The van der Waals surface area contributed by atoms with Gasteiger partial charge >= 0.3 is 0 Å². The van der Waals surface area contributed by atoms with Gasteiger partial charge in [-0.05, 0) is 48.9 Å². The maximum atomic E-state index is 12.0. The number of amides is 2. The van der Waals surface area contributed by atoms with Crippen LogP contribution in [0.15, 0.2) is 18.2 Å². The fraction of sp³-hybridized carbons (Fsp3) is 0.429. The summed E-state index contributed by atoms with van der Waals surface area (Å²) >= 11 is 0. The molecule has 1 aromatic rings. The Bertz CT molecular complexity index is 539. The normalized spacial score (nSPS) is 25.9. The number of carbonyl (C=O) groups excluding carboxylic acids is 2. The Hall–Kier alpha value is -1.84. The minimum Gasteiger partial charge on any atom is -0.366 e. The third-order valence-corrected chi connectivity index (χ3v) is 4.26. The van der Waals surface area contributed by atoms with Crippen molar-refractivity contribution in [3.63, 3.8) is 0 Å². The molecule has 1 fully saturated rings. The number of fused-ring (bicyclic) bond motifs is 1. The first kappa shape index (κ1) is 11.3. The van der Waals surface area contributed by atoms with Crippen molar-refractivity contribution in [1.82, 2.24) is 5.32 Å². The SMILES string of the molecule is NC(=O)c1ccc2c(c1)CCC1(CCNC1=O)C2. The predicted molar refractivity (Wildman–Crippen MR) is 67.0 cm³/mol. The summed E-state index contributed by atoms with van der Waals surface area (Å²) in [6, 6.07) is 5.58. The molecule has 1 aliphatic heterocycles. The van der Waals surface area contributed by atoms with Crippen LogP contribution in [0.4, 0.5) is 0 Å². The van der Waals surface area contributed by atoms with Crippen molar-refractivity contribution in [2.75, 3.05) is 6.54 Å². The lowest BCUT2D eigenvalue weighted by molar-refractivity contribution is -0.128. The van der Waals surface area contributed by atoms with Crippen molar-refractivity contribution in [2.24, 2.45) is 11.1 Å². The second-order valence-corrected chi connectivity index (χ2v) is 5.31. The average molecular weight is 244 g/mol. The van der Waals surface area contributed by atoms with E-state index in [2.05, 4.69) is 5.32 Å². The first-order chi connectivity index (χ1) is 8.61.